The van der Waals surface area contributed by atoms with Gasteiger partial charge in [-0.15, -0.1) is 0 Å². The molecule has 0 bridgehead atoms. The molecule has 0 aromatic carbocycles. The van der Waals surface area contributed by atoms with Crippen LogP contribution in [0, 0.1) is 0 Å². The molecular formula is C10H11ClN2O4. The van der Waals surface area contributed by atoms with Crippen molar-refractivity contribution >= 4 is 23.5 Å². The van der Waals surface area contributed by atoms with Gasteiger partial charge in [0.25, 0.3) is 5.91 Å². The Morgan fingerprint density at radius 1 is 1.53 bits per heavy atom. The van der Waals surface area contributed by atoms with Crippen LogP contribution < -0.4 is 5.32 Å². The predicted octanol–water partition coefficient (Wildman–Crippen LogP) is 0.566. The first-order chi connectivity index (χ1) is 8.11. The van der Waals surface area contributed by atoms with Gasteiger partial charge in [0.15, 0.2) is 0 Å². The topological polar surface area (TPSA) is 88.5 Å². The van der Waals surface area contributed by atoms with Crippen molar-refractivity contribution in [2.45, 2.75) is 0 Å². The van der Waals surface area contributed by atoms with E-state index in [4.69, 9.17) is 21.4 Å². The maximum atomic E-state index is 11.6. The van der Waals surface area contributed by atoms with E-state index in [1.807, 2.05) is 0 Å². The Labute approximate surface area is 103 Å². The Hall–Kier alpha value is -1.66. The maximum absolute atomic E-state index is 11.6. The first-order valence-electron chi connectivity index (χ1n) is 4.79. The van der Waals surface area contributed by atoms with E-state index in [1.165, 1.54) is 6.20 Å². The molecule has 1 aromatic rings. The molecule has 0 aliphatic carbocycles. The molecule has 0 aliphatic heterocycles. The van der Waals surface area contributed by atoms with Gasteiger partial charge in [-0.3, -0.25) is 4.79 Å². The Morgan fingerprint density at radius 2 is 2.29 bits per heavy atom. The highest BCUT2D eigenvalue weighted by atomic mass is 35.5. The number of aliphatic carboxylic acids is 1. The lowest BCUT2D eigenvalue weighted by molar-refractivity contribution is -0.142. The van der Waals surface area contributed by atoms with Crippen LogP contribution in [-0.2, 0) is 9.53 Å². The minimum absolute atomic E-state index is 0.121. The molecule has 1 rings (SSSR count). The second-order valence-electron chi connectivity index (χ2n) is 3.04. The van der Waals surface area contributed by atoms with E-state index in [0.717, 1.165) is 0 Å². The number of halogens is 1. The number of amides is 1. The molecule has 7 heteroatoms. The number of hydrogen-bond donors (Lipinski definition) is 2. The number of rotatable bonds is 6. The van der Waals surface area contributed by atoms with E-state index in [2.05, 4.69) is 10.3 Å². The fourth-order valence-electron chi connectivity index (χ4n) is 1.05. The Kier molecular flexibility index (Phi) is 5.38. The first-order valence-corrected chi connectivity index (χ1v) is 5.17. The molecule has 0 saturated heterocycles. The van der Waals surface area contributed by atoms with Crippen molar-refractivity contribution < 1.29 is 19.4 Å². The molecule has 92 valence electrons. The summed E-state index contributed by atoms with van der Waals surface area (Å²) in [5.74, 6) is -1.42. The minimum Gasteiger partial charge on any atom is -0.480 e. The van der Waals surface area contributed by atoms with Crippen molar-refractivity contribution in [3.63, 3.8) is 0 Å². The molecule has 0 saturated carbocycles. The van der Waals surface area contributed by atoms with Crippen molar-refractivity contribution in [1.29, 1.82) is 0 Å². The zero-order valence-electron chi connectivity index (χ0n) is 8.85. The number of carboxylic acids is 1. The molecule has 0 fully saturated rings. The van der Waals surface area contributed by atoms with Gasteiger partial charge < -0.3 is 15.2 Å². The van der Waals surface area contributed by atoms with Crippen molar-refractivity contribution in [3.05, 3.63) is 29.0 Å². The van der Waals surface area contributed by atoms with Crippen LogP contribution >= 0.6 is 11.6 Å². The minimum atomic E-state index is -1.05. The summed E-state index contributed by atoms with van der Waals surface area (Å²) < 4.78 is 4.75. The highest BCUT2D eigenvalue weighted by Crippen LogP contribution is 2.10. The summed E-state index contributed by atoms with van der Waals surface area (Å²) in [6, 6.07) is 3.14. The quantitative estimate of drug-likeness (QED) is 0.575. The molecule has 0 atom stereocenters. The first kappa shape index (κ1) is 13.4. The van der Waals surface area contributed by atoms with Gasteiger partial charge in [-0.2, -0.15) is 0 Å². The Balaban J connectivity index is 2.31. The lowest BCUT2D eigenvalue weighted by atomic mass is 10.3. The molecule has 1 heterocycles. The van der Waals surface area contributed by atoms with E-state index in [0.29, 0.717) is 0 Å². The zero-order chi connectivity index (χ0) is 12.7. The number of hydrogen-bond acceptors (Lipinski definition) is 4. The predicted molar refractivity (Wildman–Crippen MR) is 60.0 cm³/mol. The fraction of sp³-hybridized carbons (Fsp3) is 0.300. The molecule has 0 spiro atoms. The maximum Gasteiger partial charge on any atom is 0.329 e. The number of ether oxygens (including phenoxy) is 1. The van der Waals surface area contributed by atoms with Gasteiger partial charge >= 0.3 is 5.97 Å². The summed E-state index contributed by atoms with van der Waals surface area (Å²) in [6.07, 6.45) is 1.48. The third kappa shape index (κ3) is 4.80. The summed E-state index contributed by atoms with van der Waals surface area (Å²) in [5.41, 5.74) is 0.271. The smallest absolute Gasteiger partial charge is 0.329 e. The molecule has 6 nitrogen and oxygen atoms in total. The molecule has 1 amide bonds. The molecule has 2 N–H and O–H groups in total. The van der Waals surface area contributed by atoms with Crippen LogP contribution in [0.25, 0.3) is 0 Å². The second kappa shape index (κ2) is 6.82. The summed E-state index contributed by atoms with van der Waals surface area (Å²) in [7, 11) is 0. The second-order valence-corrected chi connectivity index (χ2v) is 3.40. The Morgan fingerprint density at radius 3 is 2.94 bits per heavy atom. The molecule has 17 heavy (non-hydrogen) atoms. The van der Waals surface area contributed by atoms with Crippen LogP contribution in [0.3, 0.4) is 0 Å². The molecule has 0 aliphatic rings. The van der Waals surface area contributed by atoms with E-state index in [9.17, 15) is 9.59 Å². The number of aromatic nitrogens is 1. The highest BCUT2D eigenvalue weighted by Gasteiger charge is 2.09. The SMILES string of the molecule is O=C(O)COCCNC(=O)c1cccnc1Cl. The number of carbonyl (C=O) groups is 2. The van der Waals surface area contributed by atoms with Crippen molar-refractivity contribution in [1.82, 2.24) is 10.3 Å². The van der Waals surface area contributed by atoms with Crippen molar-refractivity contribution in [3.8, 4) is 0 Å². The van der Waals surface area contributed by atoms with Gasteiger partial charge in [0.2, 0.25) is 0 Å². The van der Waals surface area contributed by atoms with Crippen molar-refractivity contribution in [2.24, 2.45) is 0 Å². The number of nitrogens with zero attached hydrogens (tertiary/aromatic N) is 1. The van der Waals surface area contributed by atoms with E-state index >= 15 is 0 Å². The van der Waals surface area contributed by atoms with Crippen LogP contribution in [0.5, 0.6) is 0 Å². The summed E-state index contributed by atoms with van der Waals surface area (Å²) in [4.78, 5) is 25.4. The zero-order valence-corrected chi connectivity index (χ0v) is 9.61. The van der Waals surface area contributed by atoms with Crippen LogP contribution in [0.2, 0.25) is 5.15 Å². The Bertz CT molecular complexity index is 411. The van der Waals surface area contributed by atoms with E-state index in [-0.39, 0.29) is 36.4 Å². The third-order valence-electron chi connectivity index (χ3n) is 1.76. The molecule has 0 unspecified atom stereocenters. The van der Waals surface area contributed by atoms with Gasteiger partial charge in [0.1, 0.15) is 11.8 Å². The van der Waals surface area contributed by atoms with Crippen molar-refractivity contribution in [2.75, 3.05) is 19.8 Å². The lowest BCUT2D eigenvalue weighted by Gasteiger charge is -2.05. The normalized spacial score (nSPS) is 9.94. The van der Waals surface area contributed by atoms with Crippen LogP contribution in [0.15, 0.2) is 18.3 Å². The van der Waals surface area contributed by atoms with Gasteiger partial charge in [-0.25, -0.2) is 9.78 Å². The third-order valence-corrected chi connectivity index (χ3v) is 2.06. The van der Waals surface area contributed by atoms with Gasteiger partial charge in [0, 0.05) is 12.7 Å². The van der Waals surface area contributed by atoms with Gasteiger partial charge in [-0.1, -0.05) is 11.6 Å². The standard InChI is InChI=1S/C10H11ClN2O4/c11-9-7(2-1-3-12-9)10(16)13-4-5-17-6-8(14)15/h1-3H,4-6H2,(H,13,16)(H,14,15). The van der Waals surface area contributed by atoms with E-state index < -0.39 is 5.97 Å². The number of nitrogens with one attached hydrogen (secondary N) is 1. The fourth-order valence-corrected chi connectivity index (χ4v) is 1.25. The number of pyridine rings is 1. The average Bonchev–Trinajstić information content (AvgIpc) is 2.28. The van der Waals surface area contributed by atoms with E-state index in [1.54, 1.807) is 12.1 Å². The molecule has 0 radical (unpaired) electrons. The molecule has 1 aromatic heterocycles. The highest BCUT2D eigenvalue weighted by molar-refractivity contribution is 6.32. The summed E-state index contributed by atoms with van der Waals surface area (Å²) >= 11 is 5.72. The number of carboxylic acid groups (broad SMARTS) is 1. The van der Waals surface area contributed by atoms with Crippen LogP contribution in [-0.4, -0.2) is 41.7 Å². The lowest BCUT2D eigenvalue weighted by Crippen LogP contribution is -2.28. The summed E-state index contributed by atoms with van der Waals surface area (Å²) in [6.45, 7) is -0.0588. The largest absolute Gasteiger partial charge is 0.480 e. The van der Waals surface area contributed by atoms with Crippen LogP contribution in [0.4, 0.5) is 0 Å². The molecular weight excluding hydrogens is 248 g/mol. The monoisotopic (exact) mass is 258 g/mol. The summed E-state index contributed by atoms with van der Waals surface area (Å²) in [5, 5.41) is 11.0. The number of carbonyl (C=O) groups excluding carboxylic acids is 1. The van der Waals surface area contributed by atoms with Gasteiger partial charge in [0.05, 0.1) is 12.2 Å². The van der Waals surface area contributed by atoms with Gasteiger partial charge in [-0.05, 0) is 12.1 Å². The average molecular weight is 259 g/mol. The van der Waals surface area contributed by atoms with Crippen LogP contribution in [0.1, 0.15) is 10.4 Å².